The lowest BCUT2D eigenvalue weighted by Gasteiger charge is -2.22. The molecule has 18 heavy (non-hydrogen) atoms. The smallest absolute Gasteiger partial charge is 0.360 e. The fraction of sp³-hybridized carbons (Fsp3) is 0.250. The molecule has 0 unspecified atom stereocenters. The topological polar surface area (TPSA) is 153 Å². The Balaban J connectivity index is 3.13. The standard InChI is InChI=1S/C8H14N2O6P2/c1-5-4-6(9)2-3-7(5)10-8(17(11,12)13)18(14,15)16/h2-4,8,10H,9H2,1H3,(H2,11,12,13)(H2,14,15,16). The highest BCUT2D eigenvalue weighted by Gasteiger charge is 2.43. The molecule has 102 valence electrons. The maximum atomic E-state index is 11.1. The highest BCUT2D eigenvalue weighted by Crippen LogP contribution is 2.59. The molecule has 8 nitrogen and oxygen atoms in total. The number of nitrogen functional groups attached to an aromatic ring is 1. The molecule has 0 aliphatic rings. The molecule has 0 atom stereocenters. The van der Waals surface area contributed by atoms with Crippen molar-refractivity contribution in [2.24, 2.45) is 0 Å². The van der Waals surface area contributed by atoms with Crippen molar-refractivity contribution < 1.29 is 28.7 Å². The summed E-state index contributed by atoms with van der Waals surface area (Å²) in [7, 11) is -10.0. The second-order valence-electron chi connectivity index (χ2n) is 3.77. The van der Waals surface area contributed by atoms with E-state index in [0.29, 0.717) is 11.3 Å². The van der Waals surface area contributed by atoms with Gasteiger partial charge in [-0.1, -0.05) is 0 Å². The Morgan fingerprint density at radius 3 is 2.06 bits per heavy atom. The molecule has 0 heterocycles. The van der Waals surface area contributed by atoms with Gasteiger partial charge in [-0.05, 0) is 30.7 Å². The molecular weight excluding hydrogens is 282 g/mol. The number of nitrogens with one attached hydrogen (secondary N) is 1. The third-order valence-electron chi connectivity index (χ3n) is 2.17. The van der Waals surface area contributed by atoms with E-state index < -0.39 is 20.7 Å². The molecule has 0 bridgehead atoms. The van der Waals surface area contributed by atoms with Crippen LogP contribution in [0, 0.1) is 6.92 Å². The highest BCUT2D eigenvalue weighted by atomic mass is 31.2. The second kappa shape index (κ2) is 5.01. The molecule has 0 saturated heterocycles. The van der Waals surface area contributed by atoms with Crippen molar-refractivity contribution in [2.75, 3.05) is 11.1 Å². The number of nitrogens with two attached hydrogens (primary N) is 1. The van der Waals surface area contributed by atoms with Crippen molar-refractivity contribution in [3.8, 4) is 0 Å². The Morgan fingerprint density at radius 1 is 1.17 bits per heavy atom. The molecule has 1 rings (SSSR count). The summed E-state index contributed by atoms with van der Waals surface area (Å²) in [6.07, 6.45) is 0. The summed E-state index contributed by atoms with van der Waals surface area (Å²) >= 11 is 0. The first-order chi connectivity index (χ1) is 8.01. The maximum Gasteiger partial charge on any atom is 0.360 e. The fourth-order valence-electron chi connectivity index (χ4n) is 1.35. The van der Waals surface area contributed by atoms with Crippen LogP contribution in [-0.4, -0.2) is 25.1 Å². The maximum absolute atomic E-state index is 11.1. The molecule has 7 N–H and O–H groups in total. The molecular formula is C8H14N2O6P2. The Bertz CT molecular complexity index is 514. The van der Waals surface area contributed by atoms with E-state index in [1.54, 1.807) is 6.92 Å². The summed E-state index contributed by atoms with van der Waals surface area (Å²) < 4.78 is 22.2. The Kier molecular flexibility index (Phi) is 4.23. The van der Waals surface area contributed by atoms with Gasteiger partial charge in [0.25, 0.3) is 0 Å². The lowest BCUT2D eigenvalue weighted by atomic mass is 10.2. The van der Waals surface area contributed by atoms with Gasteiger partial charge in [0.05, 0.1) is 0 Å². The van der Waals surface area contributed by atoms with Gasteiger partial charge in [-0.15, -0.1) is 0 Å². The Hall–Kier alpha value is -0.880. The lowest BCUT2D eigenvalue weighted by molar-refractivity contribution is 0.343. The Labute approximate surface area is 103 Å². The third-order valence-corrected chi connectivity index (χ3v) is 5.51. The summed E-state index contributed by atoms with van der Waals surface area (Å²) in [5.74, 6) is 0. The van der Waals surface area contributed by atoms with Crippen molar-refractivity contribution in [3.63, 3.8) is 0 Å². The number of rotatable bonds is 4. The molecule has 0 amide bonds. The van der Waals surface area contributed by atoms with Gasteiger partial charge in [-0.25, -0.2) is 0 Å². The fourth-order valence-corrected chi connectivity index (χ4v) is 3.53. The van der Waals surface area contributed by atoms with Gasteiger partial charge in [0.1, 0.15) is 0 Å². The summed E-state index contributed by atoms with van der Waals surface area (Å²) in [4.78, 5) is 35.8. The predicted octanol–water partition coefficient (Wildman–Crippen LogP) is 0.628. The van der Waals surface area contributed by atoms with Crippen molar-refractivity contribution in [3.05, 3.63) is 23.8 Å². The second-order valence-corrected chi connectivity index (χ2v) is 7.57. The van der Waals surface area contributed by atoms with Crippen LogP contribution in [-0.2, 0) is 9.13 Å². The largest absolute Gasteiger partial charge is 0.399 e. The molecule has 0 fully saturated rings. The average Bonchev–Trinajstić information content (AvgIpc) is 2.12. The highest BCUT2D eigenvalue weighted by molar-refractivity contribution is 7.71. The van der Waals surface area contributed by atoms with Crippen molar-refractivity contribution in [1.29, 1.82) is 0 Å². The van der Waals surface area contributed by atoms with Gasteiger partial charge >= 0.3 is 15.2 Å². The monoisotopic (exact) mass is 296 g/mol. The van der Waals surface area contributed by atoms with Crippen LogP contribution in [0.4, 0.5) is 11.4 Å². The lowest BCUT2D eigenvalue weighted by Crippen LogP contribution is -2.20. The predicted molar refractivity (Wildman–Crippen MR) is 67.1 cm³/mol. The zero-order valence-corrected chi connectivity index (χ0v) is 11.2. The molecule has 0 aliphatic carbocycles. The van der Waals surface area contributed by atoms with Crippen molar-refractivity contribution >= 4 is 26.6 Å². The number of aryl methyl sites for hydroxylation is 1. The van der Waals surface area contributed by atoms with Crippen LogP contribution in [0.3, 0.4) is 0 Å². The van der Waals surface area contributed by atoms with E-state index in [1.165, 1.54) is 18.2 Å². The number of hydrogen-bond donors (Lipinski definition) is 6. The SMILES string of the molecule is Cc1cc(N)ccc1NC(P(=O)(O)O)P(=O)(O)O. The first-order valence-electron chi connectivity index (χ1n) is 4.75. The van der Waals surface area contributed by atoms with E-state index in [-0.39, 0.29) is 5.69 Å². The van der Waals surface area contributed by atoms with Gasteiger partial charge in [0.2, 0.25) is 5.52 Å². The first kappa shape index (κ1) is 15.2. The zero-order valence-electron chi connectivity index (χ0n) is 9.39. The minimum atomic E-state index is -5.00. The van der Waals surface area contributed by atoms with Gasteiger partial charge in [-0.2, -0.15) is 0 Å². The van der Waals surface area contributed by atoms with Crippen molar-refractivity contribution in [2.45, 2.75) is 12.4 Å². The number of anilines is 2. The summed E-state index contributed by atoms with van der Waals surface area (Å²) in [6, 6.07) is 4.35. The van der Waals surface area contributed by atoms with E-state index in [4.69, 9.17) is 25.3 Å². The van der Waals surface area contributed by atoms with Gasteiger partial charge in [0.15, 0.2) is 0 Å². The molecule has 0 aliphatic heterocycles. The minimum Gasteiger partial charge on any atom is -0.399 e. The van der Waals surface area contributed by atoms with Gasteiger partial charge in [-0.3, -0.25) is 9.13 Å². The molecule has 0 radical (unpaired) electrons. The van der Waals surface area contributed by atoms with Gasteiger partial charge in [0, 0.05) is 11.4 Å². The van der Waals surface area contributed by atoms with Crippen LogP contribution >= 0.6 is 15.2 Å². The Morgan fingerprint density at radius 2 is 1.67 bits per heavy atom. The quantitative estimate of drug-likeness (QED) is 0.349. The van der Waals surface area contributed by atoms with E-state index in [1.807, 2.05) is 0 Å². The molecule has 1 aromatic carbocycles. The van der Waals surface area contributed by atoms with E-state index in [2.05, 4.69) is 5.32 Å². The van der Waals surface area contributed by atoms with Crippen molar-refractivity contribution in [1.82, 2.24) is 0 Å². The third kappa shape index (κ3) is 3.81. The van der Waals surface area contributed by atoms with Crippen LogP contribution in [0.2, 0.25) is 0 Å². The normalized spacial score (nSPS) is 12.8. The minimum absolute atomic E-state index is 0.195. The first-order valence-corrected chi connectivity index (χ1v) is 8.11. The van der Waals surface area contributed by atoms with Crippen LogP contribution < -0.4 is 11.1 Å². The van der Waals surface area contributed by atoms with Crippen LogP contribution in [0.15, 0.2) is 18.2 Å². The molecule has 0 aromatic heterocycles. The molecule has 0 saturated carbocycles. The van der Waals surface area contributed by atoms with Crippen LogP contribution in [0.5, 0.6) is 0 Å². The van der Waals surface area contributed by atoms with E-state index in [9.17, 15) is 9.13 Å². The van der Waals surface area contributed by atoms with E-state index in [0.717, 1.165) is 0 Å². The zero-order chi connectivity index (χ0) is 14.1. The summed E-state index contributed by atoms with van der Waals surface area (Å²) in [5, 5.41) is 2.17. The number of hydrogen-bond acceptors (Lipinski definition) is 4. The molecule has 1 aromatic rings. The number of benzene rings is 1. The van der Waals surface area contributed by atoms with E-state index >= 15 is 0 Å². The summed E-state index contributed by atoms with van der Waals surface area (Å²) in [5.41, 5.74) is 4.37. The molecule has 10 heteroatoms. The van der Waals surface area contributed by atoms with Crippen LogP contribution in [0.1, 0.15) is 5.56 Å². The molecule has 0 spiro atoms. The van der Waals surface area contributed by atoms with Crippen LogP contribution in [0.25, 0.3) is 0 Å². The van der Waals surface area contributed by atoms with Gasteiger partial charge < -0.3 is 30.6 Å². The average molecular weight is 296 g/mol. The summed E-state index contributed by atoms with van der Waals surface area (Å²) in [6.45, 7) is 1.59.